The van der Waals surface area contributed by atoms with Crippen LogP contribution in [-0.4, -0.2) is 25.2 Å². The Hall–Kier alpha value is -1.75. The minimum atomic E-state index is 0.0430. The van der Waals surface area contributed by atoms with Crippen LogP contribution in [0.25, 0.3) is 0 Å². The molecule has 3 rings (SSSR count). The van der Waals surface area contributed by atoms with Crippen molar-refractivity contribution >= 4 is 11.6 Å². The molecule has 0 bridgehead atoms. The number of carbonyl (C=O) groups excluding carboxylic acids is 1. The van der Waals surface area contributed by atoms with E-state index in [1.54, 1.807) is 0 Å². The van der Waals surface area contributed by atoms with E-state index in [0.29, 0.717) is 19.0 Å². The zero-order valence-electron chi connectivity index (χ0n) is 10.9. The molecule has 1 heterocycles. The highest BCUT2D eigenvalue weighted by molar-refractivity contribution is 5.94. The van der Waals surface area contributed by atoms with E-state index in [-0.39, 0.29) is 17.9 Å². The molecule has 1 amide bonds. The Labute approximate surface area is 112 Å². The number of anilines is 1. The third-order valence-electron chi connectivity index (χ3n) is 3.69. The summed E-state index contributed by atoms with van der Waals surface area (Å²) >= 11 is 0. The number of nitrogens with one attached hydrogen (secondary N) is 1. The van der Waals surface area contributed by atoms with Gasteiger partial charge in [0, 0.05) is 23.7 Å². The van der Waals surface area contributed by atoms with Crippen LogP contribution in [0.2, 0.25) is 0 Å². The maximum absolute atomic E-state index is 12.0. The van der Waals surface area contributed by atoms with Crippen LogP contribution in [0.15, 0.2) is 12.1 Å². The number of fused-ring (bicyclic) bond motifs is 1. The summed E-state index contributed by atoms with van der Waals surface area (Å²) in [4.78, 5) is 12.0. The van der Waals surface area contributed by atoms with Gasteiger partial charge >= 0.3 is 0 Å². The lowest BCUT2D eigenvalue weighted by Crippen LogP contribution is -2.42. The van der Waals surface area contributed by atoms with Crippen LogP contribution in [0.5, 0.6) is 11.5 Å². The SMILES string of the molecule is Cc1cc2c(cc1NC(=O)C1CC(N)C1)OCCO2. The highest BCUT2D eigenvalue weighted by Crippen LogP contribution is 2.36. The van der Waals surface area contributed by atoms with Crippen molar-refractivity contribution in [1.29, 1.82) is 0 Å². The molecule has 0 aromatic heterocycles. The first-order chi connectivity index (χ1) is 9.13. The van der Waals surface area contributed by atoms with Crippen molar-refractivity contribution in [2.75, 3.05) is 18.5 Å². The first kappa shape index (κ1) is 12.3. The highest BCUT2D eigenvalue weighted by Gasteiger charge is 2.32. The Balaban J connectivity index is 1.75. The van der Waals surface area contributed by atoms with Gasteiger partial charge in [0.1, 0.15) is 13.2 Å². The molecule has 3 N–H and O–H groups in total. The normalized spacial score (nSPS) is 24.5. The van der Waals surface area contributed by atoms with Crippen molar-refractivity contribution < 1.29 is 14.3 Å². The lowest BCUT2D eigenvalue weighted by Gasteiger charge is -2.31. The molecule has 1 aliphatic heterocycles. The number of carbonyl (C=O) groups is 1. The van der Waals surface area contributed by atoms with Gasteiger partial charge in [0.05, 0.1) is 0 Å². The van der Waals surface area contributed by atoms with Gasteiger partial charge < -0.3 is 20.5 Å². The molecule has 19 heavy (non-hydrogen) atoms. The third kappa shape index (κ3) is 2.38. The van der Waals surface area contributed by atoms with E-state index in [1.807, 2.05) is 19.1 Å². The van der Waals surface area contributed by atoms with Crippen LogP contribution in [0.3, 0.4) is 0 Å². The monoisotopic (exact) mass is 262 g/mol. The Bertz CT molecular complexity index is 510. The molecule has 0 spiro atoms. The molecular formula is C14H18N2O3. The molecule has 1 fully saturated rings. The fourth-order valence-electron chi connectivity index (χ4n) is 2.44. The number of nitrogens with two attached hydrogens (primary N) is 1. The molecule has 0 radical (unpaired) electrons. The second-order valence-electron chi connectivity index (χ2n) is 5.23. The third-order valence-corrected chi connectivity index (χ3v) is 3.69. The van der Waals surface area contributed by atoms with Gasteiger partial charge in [0.15, 0.2) is 11.5 Å². The average molecular weight is 262 g/mol. The zero-order chi connectivity index (χ0) is 13.4. The molecule has 0 atom stereocenters. The molecular weight excluding hydrogens is 244 g/mol. The number of hydrogen-bond donors (Lipinski definition) is 2. The summed E-state index contributed by atoms with van der Waals surface area (Å²) in [6, 6.07) is 3.91. The van der Waals surface area contributed by atoms with Crippen molar-refractivity contribution in [3.63, 3.8) is 0 Å². The van der Waals surface area contributed by atoms with Crippen LogP contribution in [0, 0.1) is 12.8 Å². The molecule has 0 unspecified atom stereocenters. The second kappa shape index (κ2) is 4.74. The van der Waals surface area contributed by atoms with Crippen LogP contribution in [-0.2, 0) is 4.79 Å². The first-order valence-electron chi connectivity index (χ1n) is 6.60. The van der Waals surface area contributed by atoms with Crippen molar-refractivity contribution in [1.82, 2.24) is 0 Å². The fraction of sp³-hybridized carbons (Fsp3) is 0.500. The van der Waals surface area contributed by atoms with Gasteiger partial charge in [-0.2, -0.15) is 0 Å². The highest BCUT2D eigenvalue weighted by atomic mass is 16.6. The number of hydrogen-bond acceptors (Lipinski definition) is 4. The van der Waals surface area contributed by atoms with Crippen LogP contribution >= 0.6 is 0 Å². The molecule has 1 aromatic rings. The topological polar surface area (TPSA) is 73.6 Å². The van der Waals surface area contributed by atoms with Crippen LogP contribution in [0.1, 0.15) is 18.4 Å². The molecule has 2 aliphatic rings. The molecule has 102 valence electrons. The first-order valence-corrected chi connectivity index (χ1v) is 6.60. The Morgan fingerprint density at radius 3 is 2.53 bits per heavy atom. The maximum atomic E-state index is 12.0. The maximum Gasteiger partial charge on any atom is 0.227 e. The van der Waals surface area contributed by atoms with E-state index in [2.05, 4.69) is 5.32 Å². The molecule has 1 aliphatic carbocycles. The Morgan fingerprint density at radius 1 is 1.26 bits per heavy atom. The van der Waals surface area contributed by atoms with Gasteiger partial charge in [0.2, 0.25) is 5.91 Å². The number of rotatable bonds is 2. The van der Waals surface area contributed by atoms with Crippen molar-refractivity contribution in [2.24, 2.45) is 11.7 Å². The molecule has 0 saturated heterocycles. The lowest BCUT2D eigenvalue weighted by molar-refractivity contribution is -0.122. The van der Waals surface area contributed by atoms with Crippen molar-refractivity contribution in [3.05, 3.63) is 17.7 Å². The van der Waals surface area contributed by atoms with Crippen molar-refractivity contribution in [2.45, 2.75) is 25.8 Å². The number of benzene rings is 1. The summed E-state index contributed by atoms with van der Waals surface area (Å²) in [5.41, 5.74) is 7.46. The standard InChI is InChI=1S/C14H18N2O3/c1-8-4-12-13(19-3-2-18-12)7-11(8)16-14(17)9-5-10(15)6-9/h4,7,9-10H,2-3,5-6,15H2,1H3,(H,16,17). The van der Waals surface area contributed by atoms with Gasteiger partial charge in [0.25, 0.3) is 0 Å². The number of aryl methyl sites for hydroxylation is 1. The molecule has 5 heteroatoms. The van der Waals surface area contributed by atoms with Crippen molar-refractivity contribution in [3.8, 4) is 11.5 Å². The zero-order valence-corrected chi connectivity index (χ0v) is 10.9. The summed E-state index contributed by atoms with van der Waals surface area (Å²) < 4.78 is 11.0. The molecule has 1 saturated carbocycles. The van der Waals surface area contributed by atoms with E-state index < -0.39 is 0 Å². The summed E-state index contributed by atoms with van der Waals surface area (Å²) in [5, 5.41) is 2.95. The van der Waals surface area contributed by atoms with Gasteiger partial charge in [-0.3, -0.25) is 4.79 Å². The molecule has 1 aromatic carbocycles. The van der Waals surface area contributed by atoms with E-state index in [9.17, 15) is 4.79 Å². The Kier molecular flexibility index (Phi) is 3.06. The largest absolute Gasteiger partial charge is 0.486 e. The van der Waals surface area contributed by atoms with Crippen LogP contribution in [0.4, 0.5) is 5.69 Å². The summed E-state index contributed by atoms with van der Waals surface area (Å²) in [6.45, 7) is 3.05. The number of amides is 1. The average Bonchev–Trinajstić information content (AvgIpc) is 2.36. The van der Waals surface area contributed by atoms with Crippen LogP contribution < -0.4 is 20.5 Å². The summed E-state index contributed by atoms with van der Waals surface area (Å²) in [5.74, 6) is 1.52. The smallest absolute Gasteiger partial charge is 0.227 e. The van der Waals surface area contributed by atoms with E-state index in [4.69, 9.17) is 15.2 Å². The Morgan fingerprint density at radius 2 is 1.89 bits per heavy atom. The minimum absolute atomic E-state index is 0.0430. The predicted molar refractivity (Wildman–Crippen MR) is 71.5 cm³/mol. The van der Waals surface area contributed by atoms with Gasteiger partial charge in [-0.05, 0) is 31.4 Å². The molecule has 5 nitrogen and oxygen atoms in total. The van der Waals surface area contributed by atoms with Gasteiger partial charge in [-0.1, -0.05) is 0 Å². The van der Waals surface area contributed by atoms with Gasteiger partial charge in [-0.25, -0.2) is 0 Å². The van der Waals surface area contributed by atoms with Gasteiger partial charge in [-0.15, -0.1) is 0 Å². The fourth-order valence-corrected chi connectivity index (χ4v) is 2.44. The summed E-state index contributed by atoms with van der Waals surface area (Å²) in [7, 11) is 0. The van der Waals surface area contributed by atoms with E-state index in [1.165, 1.54) is 0 Å². The minimum Gasteiger partial charge on any atom is -0.486 e. The van der Waals surface area contributed by atoms with E-state index >= 15 is 0 Å². The van der Waals surface area contributed by atoms with E-state index in [0.717, 1.165) is 29.8 Å². The number of ether oxygens (including phenoxy) is 2. The predicted octanol–water partition coefficient (Wildman–Crippen LogP) is 1.44. The quantitative estimate of drug-likeness (QED) is 0.846. The second-order valence-corrected chi connectivity index (χ2v) is 5.23. The summed E-state index contributed by atoms with van der Waals surface area (Å²) in [6.07, 6.45) is 1.55. The lowest BCUT2D eigenvalue weighted by atomic mass is 9.80.